The second kappa shape index (κ2) is 12.9. The van der Waals surface area contributed by atoms with Crippen LogP contribution in [0.25, 0.3) is 0 Å². The van der Waals surface area contributed by atoms with E-state index < -0.39 is 16.8 Å². The van der Waals surface area contributed by atoms with Crippen LogP contribution in [-0.4, -0.2) is 35.5 Å². The third-order valence-corrected chi connectivity index (χ3v) is 5.46. The number of amides is 2. The van der Waals surface area contributed by atoms with E-state index in [0.717, 1.165) is 0 Å². The molecule has 36 heavy (non-hydrogen) atoms. The van der Waals surface area contributed by atoms with E-state index in [-0.39, 0.29) is 30.1 Å². The highest BCUT2D eigenvalue weighted by molar-refractivity contribution is 9.10. The summed E-state index contributed by atoms with van der Waals surface area (Å²) >= 11 is 3.31. The molecule has 0 aliphatic heterocycles. The lowest BCUT2D eigenvalue weighted by atomic mass is 10.2. The number of esters is 1. The van der Waals surface area contributed by atoms with Crippen LogP contribution in [0.15, 0.2) is 82.4 Å². The minimum absolute atomic E-state index is 0.122. The molecule has 0 atom stereocenters. The van der Waals surface area contributed by atoms with Crippen LogP contribution in [0.3, 0.4) is 0 Å². The maximum absolute atomic E-state index is 12.2. The Balaban J connectivity index is 1.38. The van der Waals surface area contributed by atoms with Crippen molar-refractivity contribution in [2.75, 3.05) is 6.54 Å². The summed E-state index contributed by atoms with van der Waals surface area (Å²) in [6, 6.07) is 18.9. The molecule has 11 heteroatoms. The van der Waals surface area contributed by atoms with Gasteiger partial charge in [0.1, 0.15) is 5.75 Å². The molecule has 0 unspecified atom stereocenters. The number of hydrogen-bond acceptors (Lipinski definition) is 7. The van der Waals surface area contributed by atoms with Gasteiger partial charge in [0.05, 0.1) is 16.7 Å². The summed E-state index contributed by atoms with van der Waals surface area (Å²) in [5, 5.41) is 17.3. The molecule has 10 nitrogen and oxygen atoms in total. The molecule has 0 aliphatic rings. The molecule has 0 bridgehead atoms. The normalized spacial score (nSPS) is 10.6. The molecule has 0 heterocycles. The summed E-state index contributed by atoms with van der Waals surface area (Å²) in [6.07, 6.45) is 1.93. The number of nitro benzene ring substituents is 1. The first-order valence-electron chi connectivity index (χ1n) is 10.7. The van der Waals surface area contributed by atoms with Crippen LogP contribution in [0, 0.1) is 10.1 Å². The average molecular weight is 553 g/mol. The van der Waals surface area contributed by atoms with E-state index in [1.807, 2.05) is 0 Å². The molecule has 3 aromatic carbocycles. The Kier molecular flexibility index (Phi) is 9.40. The molecule has 0 spiro atoms. The average Bonchev–Trinajstić information content (AvgIpc) is 2.87. The van der Waals surface area contributed by atoms with Crippen molar-refractivity contribution in [2.24, 2.45) is 5.10 Å². The van der Waals surface area contributed by atoms with Crippen molar-refractivity contribution < 1.29 is 24.0 Å². The monoisotopic (exact) mass is 552 g/mol. The number of hydrogen-bond donors (Lipinski definition) is 2. The fraction of sp³-hybridized carbons (Fsp3) is 0.120. The second-order valence-electron chi connectivity index (χ2n) is 7.40. The Labute approximate surface area is 214 Å². The van der Waals surface area contributed by atoms with Crippen molar-refractivity contribution in [1.29, 1.82) is 0 Å². The van der Waals surface area contributed by atoms with Crippen LogP contribution in [0.1, 0.15) is 39.1 Å². The first kappa shape index (κ1) is 26.2. The summed E-state index contributed by atoms with van der Waals surface area (Å²) in [6.45, 7) is 0.221. The zero-order chi connectivity index (χ0) is 25.9. The van der Waals surface area contributed by atoms with Gasteiger partial charge in [0, 0.05) is 35.1 Å². The molecule has 0 radical (unpaired) electrons. The van der Waals surface area contributed by atoms with Crippen molar-refractivity contribution in [3.05, 3.63) is 104 Å². The van der Waals surface area contributed by atoms with Gasteiger partial charge in [0.25, 0.3) is 11.6 Å². The van der Waals surface area contributed by atoms with Crippen LogP contribution in [0.5, 0.6) is 5.75 Å². The summed E-state index contributed by atoms with van der Waals surface area (Å²) in [5.74, 6) is -0.918. The van der Waals surface area contributed by atoms with Gasteiger partial charge >= 0.3 is 5.97 Å². The predicted octanol–water partition coefficient (Wildman–Crippen LogP) is 4.24. The first-order valence-corrected chi connectivity index (χ1v) is 11.5. The topological polar surface area (TPSA) is 140 Å². The quantitative estimate of drug-likeness (QED) is 0.0962. The number of carbonyl (C=O) groups excluding carboxylic acids is 3. The Morgan fingerprint density at radius 2 is 1.78 bits per heavy atom. The summed E-state index contributed by atoms with van der Waals surface area (Å²) in [5.41, 5.74) is 3.49. The maximum atomic E-state index is 12.2. The molecule has 0 saturated heterocycles. The summed E-state index contributed by atoms with van der Waals surface area (Å²) in [4.78, 5) is 46.5. The minimum atomic E-state index is -0.573. The maximum Gasteiger partial charge on any atom is 0.344 e. The number of rotatable bonds is 10. The van der Waals surface area contributed by atoms with E-state index in [1.165, 1.54) is 30.5 Å². The molecular weight excluding hydrogens is 532 g/mol. The van der Waals surface area contributed by atoms with Crippen LogP contribution < -0.4 is 15.5 Å². The van der Waals surface area contributed by atoms with E-state index in [1.54, 1.807) is 48.5 Å². The van der Waals surface area contributed by atoms with Crippen molar-refractivity contribution in [3.8, 4) is 5.75 Å². The fourth-order valence-corrected chi connectivity index (χ4v) is 3.41. The third kappa shape index (κ3) is 7.84. The van der Waals surface area contributed by atoms with Gasteiger partial charge in [-0.1, -0.05) is 18.2 Å². The van der Waals surface area contributed by atoms with Gasteiger partial charge in [0.2, 0.25) is 5.91 Å². The van der Waals surface area contributed by atoms with E-state index in [2.05, 4.69) is 31.8 Å². The number of halogens is 1. The van der Waals surface area contributed by atoms with Gasteiger partial charge in [0.15, 0.2) is 0 Å². The van der Waals surface area contributed by atoms with Crippen molar-refractivity contribution >= 4 is 45.6 Å². The number of nitrogens with zero attached hydrogens (tertiary/aromatic N) is 2. The lowest BCUT2D eigenvalue weighted by molar-refractivity contribution is -0.384. The van der Waals surface area contributed by atoms with Crippen LogP contribution in [-0.2, 0) is 4.79 Å². The SMILES string of the molecule is O=C(CCCNC(=O)c1cccc([N+](=O)[O-])c1)NN=Cc1ccc(OC(=O)c2ccccc2Br)cc1. The highest BCUT2D eigenvalue weighted by atomic mass is 79.9. The minimum Gasteiger partial charge on any atom is -0.423 e. The molecule has 3 aromatic rings. The van der Waals surface area contributed by atoms with Gasteiger partial charge < -0.3 is 10.1 Å². The Morgan fingerprint density at radius 3 is 2.50 bits per heavy atom. The number of non-ortho nitro benzene ring substituents is 1. The number of nitro groups is 1. The van der Waals surface area contributed by atoms with Gasteiger partial charge in [-0.15, -0.1) is 0 Å². The van der Waals surface area contributed by atoms with Crippen LogP contribution >= 0.6 is 15.9 Å². The standard InChI is InChI=1S/C25H21BrN4O6/c26-22-8-2-1-7-21(22)25(33)36-20-12-10-17(11-13-20)16-28-29-23(31)9-4-14-27-24(32)18-5-3-6-19(15-18)30(34)35/h1-3,5-8,10-13,15-16H,4,9,14H2,(H,27,32)(H,29,31). The van der Waals surface area contributed by atoms with Gasteiger partial charge in [-0.05, 0) is 70.4 Å². The largest absolute Gasteiger partial charge is 0.423 e. The molecular formula is C25H21BrN4O6. The Hall–Kier alpha value is -4.38. The molecule has 0 aliphatic carbocycles. The summed E-state index contributed by atoms with van der Waals surface area (Å²) in [7, 11) is 0. The number of hydrazone groups is 1. The molecule has 0 aromatic heterocycles. The van der Waals surface area contributed by atoms with E-state index >= 15 is 0 Å². The van der Waals surface area contributed by atoms with E-state index in [4.69, 9.17) is 4.74 Å². The summed E-state index contributed by atoms with van der Waals surface area (Å²) < 4.78 is 5.99. The first-order chi connectivity index (χ1) is 17.3. The van der Waals surface area contributed by atoms with E-state index in [9.17, 15) is 24.5 Å². The zero-order valence-electron chi connectivity index (χ0n) is 18.8. The van der Waals surface area contributed by atoms with E-state index in [0.29, 0.717) is 27.8 Å². The van der Waals surface area contributed by atoms with Crippen LogP contribution in [0.2, 0.25) is 0 Å². The third-order valence-electron chi connectivity index (χ3n) is 4.77. The van der Waals surface area contributed by atoms with Gasteiger partial charge in [-0.3, -0.25) is 19.7 Å². The van der Waals surface area contributed by atoms with Crippen molar-refractivity contribution in [3.63, 3.8) is 0 Å². The Morgan fingerprint density at radius 1 is 1.03 bits per heavy atom. The molecule has 0 saturated carbocycles. The lowest BCUT2D eigenvalue weighted by Gasteiger charge is -2.06. The second-order valence-corrected chi connectivity index (χ2v) is 8.25. The van der Waals surface area contributed by atoms with Crippen molar-refractivity contribution in [1.82, 2.24) is 10.7 Å². The molecule has 184 valence electrons. The van der Waals surface area contributed by atoms with Gasteiger partial charge in [-0.25, -0.2) is 10.2 Å². The zero-order valence-corrected chi connectivity index (χ0v) is 20.4. The number of carbonyl (C=O) groups is 3. The lowest BCUT2D eigenvalue weighted by Crippen LogP contribution is -2.26. The molecule has 0 fully saturated rings. The molecule has 2 amide bonds. The van der Waals surface area contributed by atoms with Crippen molar-refractivity contribution in [2.45, 2.75) is 12.8 Å². The number of benzene rings is 3. The molecule has 2 N–H and O–H groups in total. The number of ether oxygens (including phenoxy) is 1. The van der Waals surface area contributed by atoms with Crippen LogP contribution in [0.4, 0.5) is 5.69 Å². The highest BCUT2D eigenvalue weighted by Gasteiger charge is 2.12. The highest BCUT2D eigenvalue weighted by Crippen LogP contribution is 2.19. The predicted molar refractivity (Wildman–Crippen MR) is 136 cm³/mol. The van der Waals surface area contributed by atoms with Gasteiger partial charge in [-0.2, -0.15) is 5.10 Å². The molecule has 3 rings (SSSR count). The smallest absolute Gasteiger partial charge is 0.344 e. The fourth-order valence-electron chi connectivity index (χ4n) is 2.96. The Bertz CT molecular complexity index is 1290. The number of nitrogens with one attached hydrogen (secondary N) is 2.